The fourth-order valence-corrected chi connectivity index (χ4v) is 2.53. The van der Waals surface area contributed by atoms with E-state index in [0.29, 0.717) is 21.9 Å². The maximum Gasteiger partial charge on any atom is 0.271 e. The molecule has 1 aromatic heterocycles. The van der Waals surface area contributed by atoms with E-state index in [-0.39, 0.29) is 16.9 Å². The number of hydrogen-bond donors (Lipinski definition) is 1. The number of halogens is 3. The zero-order valence-electron chi connectivity index (χ0n) is 14.9. The van der Waals surface area contributed by atoms with Gasteiger partial charge in [-0.25, -0.2) is 10.4 Å². The van der Waals surface area contributed by atoms with Crippen molar-refractivity contribution in [1.82, 2.24) is 15.4 Å². The summed E-state index contributed by atoms with van der Waals surface area (Å²) < 4.78 is 24.4. The minimum Gasteiger partial charge on any atom is -0.493 e. The number of methoxy groups -OCH3 is 1. The topological polar surface area (TPSA) is 85.7 Å². The summed E-state index contributed by atoms with van der Waals surface area (Å²) in [5.41, 5.74) is 3.37. The van der Waals surface area contributed by atoms with E-state index < -0.39 is 11.7 Å². The van der Waals surface area contributed by atoms with Gasteiger partial charge in [0.25, 0.3) is 11.8 Å². The summed E-state index contributed by atoms with van der Waals surface area (Å²) in [5.74, 6) is -1.01. The predicted octanol–water partition coefficient (Wildman–Crippen LogP) is 4.49. The molecule has 3 rings (SSSR count). The molecule has 2 aromatic carbocycles. The molecule has 0 atom stereocenters. The number of nitrogens with one attached hydrogen (secondary N) is 1. The van der Waals surface area contributed by atoms with Crippen molar-refractivity contribution >= 4 is 35.3 Å². The second-order valence-corrected chi connectivity index (χ2v) is 6.29. The molecular weight excluding hydrogens is 422 g/mol. The van der Waals surface area contributed by atoms with Gasteiger partial charge in [-0.2, -0.15) is 14.5 Å². The lowest BCUT2D eigenvalue weighted by molar-refractivity contribution is 0.0955. The highest BCUT2D eigenvalue weighted by molar-refractivity contribution is 6.31. The number of amides is 1. The van der Waals surface area contributed by atoms with Gasteiger partial charge in [-0.3, -0.25) is 4.79 Å². The number of hydrogen-bond acceptors (Lipinski definition) is 6. The molecule has 0 radical (unpaired) electrons. The Bertz CT molecular complexity index is 1080. The highest BCUT2D eigenvalue weighted by atomic mass is 35.5. The summed E-state index contributed by atoms with van der Waals surface area (Å²) >= 11 is 11.5. The molecule has 0 saturated carbocycles. The molecule has 0 spiro atoms. The number of rotatable bonds is 6. The van der Waals surface area contributed by atoms with Gasteiger partial charge in [-0.15, -0.1) is 0 Å². The predicted molar refractivity (Wildman–Crippen MR) is 107 cm³/mol. The Morgan fingerprint density at radius 2 is 2.03 bits per heavy atom. The number of nitrogens with zero attached hydrogens (tertiary/aromatic N) is 3. The molecule has 0 aliphatic rings. The Morgan fingerprint density at radius 1 is 1.21 bits per heavy atom. The highest BCUT2D eigenvalue weighted by Gasteiger charge is 2.12. The van der Waals surface area contributed by atoms with Crippen molar-refractivity contribution in [3.05, 3.63) is 75.9 Å². The van der Waals surface area contributed by atoms with Gasteiger partial charge in [0.1, 0.15) is 0 Å². The zero-order valence-corrected chi connectivity index (χ0v) is 16.4. The normalized spacial score (nSPS) is 10.8. The standard InChI is InChI=1S/C19H13Cl2FN4O3/c1-28-16-7-11(9-24-26-17(27)12-3-2-4-13(20)8-12)5-6-15(16)29-18-14(22)10-23-19(21)25-18/h2-10H,1H3,(H,26,27)/b24-9-. The third-order valence-corrected chi connectivity index (χ3v) is 3.96. The smallest absolute Gasteiger partial charge is 0.271 e. The van der Waals surface area contributed by atoms with Gasteiger partial charge in [0.05, 0.1) is 19.5 Å². The molecule has 0 bridgehead atoms. The van der Waals surface area contributed by atoms with Crippen LogP contribution in [-0.2, 0) is 0 Å². The first-order chi connectivity index (χ1) is 14.0. The van der Waals surface area contributed by atoms with Crippen LogP contribution in [0.4, 0.5) is 4.39 Å². The summed E-state index contributed by atoms with van der Waals surface area (Å²) in [5, 5.41) is 4.19. The average Bonchev–Trinajstić information content (AvgIpc) is 2.71. The van der Waals surface area contributed by atoms with Crippen LogP contribution in [0.3, 0.4) is 0 Å². The van der Waals surface area contributed by atoms with Gasteiger partial charge in [0.2, 0.25) is 11.1 Å². The van der Waals surface area contributed by atoms with Crippen LogP contribution >= 0.6 is 23.2 Å². The highest BCUT2D eigenvalue weighted by Crippen LogP contribution is 2.32. The Balaban J connectivity index is 1.72. The zero-order chi connectivity index (χ0) is 20.8. The number of aromatic nitrogens is 2. The van der Waals surface area contributed by atoms with E-state index in [1.54, 1.807) is 30.3 Å². The molecule has 1 heterocycles. The first-order valence-corrected chi connectivity index (χ1v) is 8.85. The van der Waals surface area contributed by atoms with Crippen molar-refractivity contribution in [3.63, 3.8) is 0 Å². The van der Waals surface area contributed by atoms with Crippen LogP contribution in [-0.4, -0.2) is 29.2 Å². The van der Waals surface area contributed by atoms with Crippen molar-refractivity contribution in [1.29, 1.82) is 0 Å². The van der Waals surface area contributed by atoms with E-state index in [1.807, 2.05) is 0 Å². The number of carbonyl (C=O) groups is 1. The first-order valence-electron chi connectivity index (χ1n) is 8.09. The van der Waals surface area contributed by atoms with Crippen molar-refractivity contribution < 1.29 is 18.7 Å². The van der Waals surface area contributed by atoms with Crippen LogP contribution in [0.15, 0.2) is 53.8 Å². The molecular formula is C19H13Cl2FN4O3. The van der Waals surface area contributed by atoms with Gasteiger partial charge < -0.3 is 9.47 Å². The second kappa shape index (κ2) is 9.31. The van der Waals surface area contributed by atoms with E-state index in [1.165, 1.54) is 25.5 Å². The fraction of sp³-hybridized carbons (Fsp3) is 0.0526. The maximum atomic E-state index is 13.8. The summed E-state index contributed by atoms with van der Waals surface area (Å²) in [4.78, 5) is 19.2. The number of ether oxygens (including phenoxy) is 2. The van der Waals surface area contributed by atoms with Gasteiger partial charge in [0, 0.05) is 10.6 Å². The van der Waals surface area contributed by atoms with Crippen LogP contribution in [0.1, 0.15) is 15.9 Å². The molecule has 0 saturated heterocycles. The fourth-order valence-electron chi connectivity index (χ4n) is 2.22. The first kappa shape index (κ1) is 20.5. The molecule has 0 aliphatic heterocycles. The summed E-state index contributed by atoms with van der Waals surface area (Å²) in [6, 6.07) is 11.2. The van der Waals surface area contributed by atoms with E-state index in [9.17, 15) is 9.18 Å². The van der Waals surface area contributed by atoms with Crippen LogP contribution in [0.2, 0.25) is 10.3 Å². The van der Waals surface area contributed by atoms with E-state index in [4.69, 9.17) is 32.7 Å². The molecule has 0 fully saturated rings. The lowest BCUT2D eigenvalue weighted by Crippen LogP contribution is -2.17. The summed E-state index contributed by atoms with van der Waals surface area (Å²) in [6.45, 7) is 0. The molecule has 0 aliphatic carbocycles. The lowest BCUT2D eigenvalue weighted by Gasteiger charge is -2.10. The minimum absolute atomic E-state index is 0.153. The second-order valence-electron chi connectivity index (χ2n) is 5.51. The third-order valence-electron chi connectivity index (χ3n) is 3.54. The van der Waals surface area contributed by atoms with Crippen molar-refractivity contribution in [2.45, 2.75) is 0 Å². The number of hydrazone groups is 1. The van der Waals surface area contributed by atoms with Gasteiger partial charge in [0.15, 0.2) is 11.5 Å². The third kappa shape index (κ3) is 5.40. The lowest BCUT2D eigenvalue weighted by atomic mass is 10.2. The van der Waals surface area contributed by atoms with Crippen molar-refractivity contribution in [3.8, 4) is 17.4 Å². The van der Waals surface area contributed by atoms with Gasteiger partial charge >= 0.3 is 0 Å². The van der Waals surface area contributed by atoms with Crippen LogP contribution in [0.5, 0.6) is 17.4 Å². The molecule has 1 amide bonds. The molecule has 0 unspecified atom stereocenters. The largest absolute Gasteiger partial charge is 0.493 e. The quantitative estimate of drug-likeness (QED) is 0.351. The van der Waals surface area contributed by atoms with Crippen LogP contribution in [0.25, 0.3) is 0 Å². The summed E-state index contributed by atoms with van der Waals surface area (Å²) in [7, 11) is 1.42. The van der Waals surface area contributed by atoms with Gasteiger partial charge in [-0.05, 0) is 53.6 Å². The Hall–Kier alpha value is -3.23. The monoisotopic (exact) mass is 434 g/mol. The van der Waals surface area contributed by atoms with Crippen molar-refractivity contribution in [2.75, 3.05) is 7.11 Å². The molecule has 10 heteroatoms. The van der Waals surface area contributed by atoms with Crippen LogP contribution < -0.4 is 14.9 Å². The number of carbonyl (C=O) groups excluding carboxylic acids is 1. The molecule has 7 nitrogen and oxygen atoms in total. The molecule has 29 heavy (non-hydrogen) atoms. The minimum atomic E-state index is -0.772. The van der Waals surface area contributed by atoms with Crippen LogP contribution in [0, 0.1) is 5.82 Å². The molecule has 1 N–H and O–H groups in total. The SMILES string of the molecule is COc1cc(/C=N\NC(=O)c2cccc(Cl)c2)ccc1Oc1nc(Cl)ncc1F. The Labute approximate surface area is 175 Å². The maximum absolute atomic E-state index is 13.8. The van der Waals surface area contributed by atoms with E-state index in [2.05, 4.69) is 20.5 Å². The summed E-state index contributed by atoms with van der Waals surface area (Å²) in [6.07, 6.45) is 2.32. The van der Waals surface area contributed by atoms with Crippen molar-refractivity contribution in [2.24, 2.45) is 5.10 Å². The number of benzene rings is 2. The van der Waals surface area contributed by atoms with E-state index >= 15 is 0 Å². The van der Waals surface area contributed by atoms with E-state index in [0.717, 1.165) is 6.20 Å². The molecule has 3 aromatic rings. The Morgan fingerprint density at radius 3 is 2.79 bits per heavy atom. The van der Waals surface area contributed by atoms with Gasteiger partial charge in [-0.1, -0.05) is 17.7 Å². The Kier molecular flexibility index (Phi) is 6.58. The molecule has 148 valence electrons. The average molecular weight is 435 g/mol.